The lowest BCUT2D eigenvalue weighted by Gasteiger charge is -2.15. The molecule has 17 heavy (non-hydrogen) atoms. The van der Waals surface area contributed by atoms with Crippen LogP contribution >= 0.6 is 23.2 Å². The van der Waals surface area contributed by atoms with Gasteiger partial charge in [-0.3, -0.25) is 0 Å². The molecule has 1 rings (SSSR count). The van der Waals surface area contributed by atoms with Gasteiger partial charge in [-0.25, -0.2) is 0 Å². The Bertz CT molecular complexity index is 369. The second-order valence-electron chi connectivity index (χ2n) is 3.99. The lowest BCUT2D eigenvalue weighted by molar-refractivity contribution is 0.340. The maximum atomic E-state index is 6.19. The van der Waals surface area contributed by atoms with Crippen molar-refractivity contribution in [2.24, 2.45) is 5.73 Å². The first-order valence-corrected chi connectivity index (χ1v) is 6.73. The molecule has 1 aromatic rings. The zero-order valence-electron chi connectivity index (χ0n) is 10.3. The van der Waals surface area contributed by atoms with Gasteiger partial charge < -0.3 is 10.5 Å². The molecule has 0 bridgehead atoms. The van der Waals surface area contributed by atoms with Gasteiger partial charge >= 0.3 is 0 Å². The van der Waals surface area contributed by atoms with Crippen molar-refractivity contribution in [1.29, 1.82) is 0 Å². The minimum absolute atomic E-state index is 0.0596. The van der Waals surface area contributed by atoms with Gasteiger partial charge in [-0.05, 0) is 25.0 Å². The molecule has 2 nitrogen and oxygen atoms in total. The first kappa shape index (κ1) is 14.6. The standard InChI is InChI=1S/C13H19Cl2NO/c1-3-5-6-12(16)9-7-11(15)13(17-4-2)8-10(9)14/h7-8,12H,3-6,16H2,1-2H3. The Morgan fingerprint density at radius 1 is 1.24 bits per heavy atom. The van der Waals surface area contributed by atoms with Crippen molar-refractivity contribution < 1.29 is 4.74 Å². The van der Waals surface area contributed by atoms with Crippen molar-refractivity contribution in [1.82, 2.24) is 0 Å². The van der Waals surface area contributed by atoms with E-state index >= 15 is 0 Å². The fourth-order valence-corrected chi connectivity index (χ4v) is 2.19. The smallest absolute Gasteiger partial charge is 0.139 e. The van der Waals surface area contributed by atoms with Crippen LogP contribution in [0, 0.1) is 0 Å². The van der Waals surface area contributed by atoms with Crippen molar-refractivity contribution >= 4 is 23.2 Å². The lowest BCUT2D eigenvalue weighted by atomic mass is 10.0. The van der Waals surface area contributed by atoms with E-state index in [2.05, 4.69) is 6.92 Å². The number of halogens is 2. The summed E-state index contributed by atoms with van der Waals surface area (Å²) in [5.74, 6) is 0.616. The minimum Gasteiger partial charge on any atom is -0.492 e. The van der Waals surface area contributed by atoms with Crippen LogP contribution in [0.3, 0.4) is 0 Å². The third kappa shape index (κ3) is 4.06. The Morgan fingerprint density at radius 2 is 1.94 bits per heavy atom. The van der Waals surface area contributed by atoms with Gasteiger partial charge in [-0.1, -0.05) is 43.0 Å². The quantitative estimate of drug-likeness (QED) is 0.825. The maximum Gasteiger partial charge on any atom is 0.139 e. The highest BCUT2D eigenvalue weighted by atomic mass is 35.5. The third-order valence-electron chi connectivity index (χ3n) is 2.62. The number of hydrogen-bond donors (Lipinski definition) is 1. The van der Waals surface area contributed by atoms with Crippen LogP contribution < -0.4 is 10.5 Å². The maximum absolute atomic E-state index is 6.19. The average Bonchev–Trinajstić information content (AvgIpc) is 2.30. The van der Waals surface area contributed by atoms with E-state index in [1.807, 2.05) is 13.0 Å². The zero-order valence-corrected chi connectivity index (χ0v) is 11.8. The molecular formula is C13H19Cl2NO. The van der Waals surface area contributed by atoms with Crippen molar-refractivity contribution in [2.75, 3.05) is 6.61 Å². The van der Waals surface area contributed by atoms with Gasteiger partial charge in [-0.15, -0.1) is 0 Å². The summed E-state index contributed by atoms with van der Waals surface area (Å²) in [6.45, 7) is 4.61. The fraction of sp³-hybridized carbons (Fsp3) is 0.538. The van der Waals surface area contributed by atoms with Crippen LogP contribution in [0.15, 0.2) is 12.1 Å². The predicted octanol–water partition coefficient (Wildman–Crippen LogP) is 4.58. The SMILES string of the molecule is CCCCC(N)c1cc(Cl)c(OCC)cc1Cl. The predicted molar refractivity (Wildman–Crippen MR) is 74.1 cm³/mol. The normalized spacial score (nSPS) is 12.5. The van der Waals surface area contributed by atoms with E-state index in [-0.39, 0.29) is 6.04 Å². The molecule has 0 aliphatic carbocycles. The van der Waals surface area contributed by atoms with Crippen LogP contribution in [0.4, 0.5) is 0 Å². The van der Waals surface area contributed by atoms with E-state index in [0.29, 0.717) is 22.4 Å². The Hall–Kier alpha value is -0.440. The highest BCUT2D eigenvalue weighted by Crippen LogP contribution is 2.34. The molecule has 0 radical (unpaired) electrons. The number of unbranched alkanes of at least 4 members (excludes halogenated alkanes) is 1. The topological polar surface area (TPSA) is 35.2 Å². The molecule has 96 valence electrons. The van der Waals surface area contributed by atoms with E-state index < -0.39 is 0 Å². The van der Waals surface area contributed by atoms with Gasteiger partial charge in [0.2, 0.25) is 0 Å². The molecular weight excluding hydrogens is 257 g/mol. The van der Waals surface area contributed by atoms with Crippen molar-refractivity contribution in [3.63, 3.8) is 0 Å². The van der Waals surface area contributed by atoms with Crippen molar-refractivity contribution in [3.05, 3.63) is 27.7 Å². The summed E-state index contributed by atoms with van der Waals surface area (Å²) in [5, 5.41) is 1.19. The van der Waals surface area contributed by atoms with Gasteiger partial charge in [0.05, 0.1) is 11.6 Å². The van der Waals surface area contributed by atoms with Crippen LogP contribution in [0.2, 0.25) is 10.0 Å². The van der Waals surface area contributed by atoms with Crippen LogP contribution in [-0.4, -0.2) is 6.61 Å². The second-order valence-corrected chi connectivity index (χ2v) is 4.80. The molecule has 0 aliphatic rings. The van der Waals surface area contributed by atoms with Gasteiger partial charge in [-0.2, -0.15) is 0 Å². The van der Waals surface area contributed by atoms with Crippen LogP contribution in [0.5, 0.6) is 5.75 Å². The number of nitrogens with two attached hydrogens (primary N) is 1. The molecule has 2 N–H and O–H groups in total. The molecule has 0 heterocycles. The fourth-order valence-electron chi connectivity index (χ4n) is 1.67. The molecule has 0 saturated heterocycles. The lowest BCUT2D eigenvalue weighted by Crippen LogP contribution is -2.11. The van der Waals surface area contributed by atoms with Crippen LogP contribution in [0.25, 0.3) is 0 Å². The summed E-state index contributed by atoms with van der Waals surface area (Å²) >= 11 is 12.3. The largest absolute Gasteiger partial charge is 0.492 e. The van der Waals surface area contributed by atoms with Gasteiger partial charge in [0.1, 0.15) is 5.75 Å². The summed E-state index contributed by atoms with van der Waals surface area (Å²) in [4.78, 5) is 0. The number of ether oxygens (including phenoxy) is 1. The summed E-state index contributed by atoms with van der Waals surface area (Å²) in [5.41, 5.74) is 6.99. The zero-order chi connectivity index (χ0) is 12.8. The highest BCUT2D eigenvalue weighted by Gasteiger charge is 2.13. The Labute approximate surface area is 113 Å². The molecule has 1 unspecified atom stereocenters. The average molecular weight is 276 g/mol. The molecule has 0 fully saturated rings. The minimum atomic E-state index is -0.0596. The molecule has 1 aromatic carbocycles. The molecule has 0 aliphatic heterocycles. The second kappa shape index (κ2) is 7.10. The van der Waals surface area contributed by atoms with E-state index in [1.165, 1.54) is 0 Å². The van der Waals surface area contributed by atoms with E-state index in [4.69, 9.17) is 33.7 Å². The molecule has 0 amide bonds. The molecule has 0 spiro atoms. The van der Waals surface area contributed by atoms with Crippen LogP contribution in [0.1, 0.15) is 44.7 Å². The van der Waals surface area contributed by atoms with E-state index in [0.717, 1.165) is 24.8 Å². The van der Waals surface area contributed by atoms with E-state index in [1.54, 1.807) is 6.07 Å². The van der Waals surface area contributed by atoms with E-state index in [9.17, 15) is 0 Å². The highest BCUT2D eigenvalue weighted by molar-refractivity contribution is 6.34. The number of rotatable bonds is 6. The Morgan fingerprint density at radius 3 is 2.53 bits per heavy atom. The first-order chi connectivity index (χ1) is 8.10. The number of benzene rings is 1. The van der Waals surface area contributed by atoms with Gasteiger partial charge in [0.15, 0.2) is 0 Å². The summed E-state index contributed by atoms with van der Waals surface area (Å²) < 4.78 is 5.38. The summed E-state index contributed by atoms with van der Waals surface area (Å²) in [6, 6.07) is 3.50. The number of hydrogen-bond acceptors (Lipinski definition) is 2. The molecule has 0 saturated carbocycles. The van der Waals surface area contributed by atoms with Crippen molar-refractivity contribution in [3.8, 4) is 5.75 Å². The Balaban J connectivity index is 2.90. The molecule has 0 aromatic heterocycles. The van der Waals surface area contributed by atoms with Crippen molar-refractivity contribution in [2.45, 2.75) is 39.2 Å². The molecule has 1 atom stereocenters. The molecule has 4 heteroatoms. The summed E-state index contributed by atoms with van der Waals surface area (Å²) in [6.07, 6.45) is 3.12. The van der Waals surface area contributed by atoms with Gasteiger partial charge in [0, 0.05) is 17.1 Å². The first-order valence-electron chi connectivity index (χ1n) is 5.97. The van der Waals surface area contributed by atoms with Crippen LogP contribution in [-0.2, 0) is 0 Å². The van der Waals surface area contributed by atoms with Gasteiger partial charge in [0.25, 0.3) is 0 Å². The monoisotopic (exact) mass is 275 g/mol. The third-order valence-corrected chi connectivity index (χ3v) is 3.24. The summed E-state index contributed by atoms with van der Waals surface area (Å²) in [7, 11) is 0. The Kier molecular flexibility index (Phi) is 6.10.